The van der Waals surface area contributed by atoms with Crippen LogP contribution in [0, 0.1) is 0 Å². The van der Waals surface area contributed by atoms with E-state index in [4.69, 9.17) is 0 Å². The van der Waals surface area contributed by atoms with Gasteiger partial charge in [-0.1, -0.05) is 36.4 Å². The lowest BCUT2D eigenvalue weighted by molar-refractivity contribution is 0.104. The molecule has 0 atom stereocenters. The van der Waals surface area contributed by atoms with Crippen LogP contribution in [0.2, 0.25) is 0 Å². The fraction of sp³-hybridized carbons (Fsp3) is 0. The number of nitrogens with one attached hydrogen (secondary N) is 2. The van der Waals surface area contributed by atoms with Crippen molar-refractivity contribution in [3.8, 4) is 0 Å². The lowest BCUT2D eigenvalue weighted by atomic mass is 10.1. The van der Waals surface area contributed by atoms with E-state index in [-0.39, 0.29) is 11.3 Å². The molecule has 0 aliphatic rings. The van der Waals surface area contributed by atoms with E-state index >= 15 is 0 Å². The van der Waals surface area contributed by atoms with E-state index in [0.717, 1.165) is 5.56 Å². The summed E-state index contributed by atoms with van der Waals surface area (Å²) in [5, 5.41) is 4.80. The average Bonchev–Trinajstić information content (AvgIpc) is 2.74. The smallest absolute Gasteiger partial charge is 0.275 e. The van der Waals surface area contributed by atoms with Crippen molar-refractivity contribution in [3.05, 3.63) is 64.1 Å². The number of allylic oxidation sites excluding steroid dienone is 1. The van der Waals surface area contributed by atoms with Crippen LogP contribution in [0.4, 0.5) is 0 Å². The molecule has 4 heteroatoms. The fourth-order valence-corrected chi connectivity index (χ4v) is 1.32. The highest BCUT2D eigenvalue weighted by atomic mass is 16.1. The Morgan fingerprint density at radius 2 is 1.94 bits per heavy atom. The van der Waals surface area contributed by atoms with Crippen molar-refractivity contribution in [2.45, 2.75) is 0 Å². The van der Waals surface area contributed by atoms with Gasteiger partial charge < -0.3 is 5.10 Å². The Balaban J connectivity index is 2.18. The van der Waals surface area contributed by atoms with E-state index in [1.54, 1.807) is 6.08 Å². The number of ketones is 1. The minimum absolute atomic E-state index is 0.118. The zero-order valence-corrected chi connectivity index (χ0v) is 8.44. The zero-order chi connectivity index (χ0) is 11.4. The van der Waals surface area contributed by atoms with Crippen molar-refractivity contribution in [3.63, 3.8) is 0 Å². The summed E-state index contributed by atoms with van der Waals surface area (Å²) < 4.78 is 0. The van der Waals surface area contributed by atoms with E-state index in [9.17, 15) is 9.59 Å². The van der Waals surface area contributed by atoms with Gasteiger partial charge in [-0.2, -0.15) is 0 Å². The van der Waals surface area contributed by atoms with E-state index in [1.807, 2.05) is 30.3 Å². The zero-order valence-electron chi connectivity index (χ0n) is 8.44. The Morgan fingerprint density at radius 1 is 1.19 bits per heavy atom. The Morgan fingerprint density at radius 3 is 2.56 bits per heavy atom. The molecule has 0 saturated heterocycles. The summed E-state index contributed by atoms with van der Waals surface area (Å²) in [6.07, 6.45) is 4.42. The molecule has 0 spiro atoms. The average molecular weight is 214 g/mol. The highest BCUT2D eigenvalue weighted by molar-refractivity contribution is 6.06. The number of rotatable bonds is 3. The van der Waals surface area contributed by atoms with Crippen LogP contribution in [-0.2, 0) is 0 Å². The third-order valence-corrected chi connectivity index (χ3v) is 2.14. The Bertz CT molecular complexity index is 564. The molecule has 1 aromatic carbocycles. The maximum atomic E-state index is 11.6. The van der Waals surface area contributed by atoms with E-state index in [0.29, 0.717) is 0 Å². The summed E-state index contributed by atoms with van der Waals surface area (Å²) in [6, 6.07) is 9.42. The van der Waals surface area contributed by atoms with Gasteiger partial charge in [0.1, 0.15) is 5.56 Å². The minimum atomic E-state index is -0.400. The van der Waals surface area contributed by atoms with Crippen LogP contribution in [0.25, 0.3) is 6.08 Å². The van der Waals surface area contributed by atoms with Gasteiger partial charge in [0.05, 0.1) is 0 Å². The monoisotopic (exact) mass is 214 g/mol. The predicted molar refractivity (Wildman–Crippen MR) is 61.2 cm³/mol. The first-order valence-electron chi connectivity index (χ1n) is 4.81. The molecule has 0 saturated carbocycles. The molecule has 0 unspecified atom stereocenters. The van der Waals surface area contributed by atoms with Crippen LogP contribution in [0.15, 0.2) is 47.4 Å². The molecule has 1 heterocycles. The molecular formula is C12H10N2O2. The van der Waals surface area contributed by atoms with Crippen LogP contribution >= 0.6 is 0 Å². The van der Waals surface area contributed by atoms with E-state index < -0.39 is 5.56 Å². The van der Waals surface area contributed by atoms with Crippen LogP contribution in [0.3, 0.4) is 0 Å². The maximum Gasteiger partial charge on any atom is 0.275 e. The molecule has 0 amide bonds. The van der Waals surface area contributed by atoms with Crippen molar-refractivity contribution in [1.29, 1.82) is 0 Å². The van der Waals surface area contributed by atoms with Crippen LogP contribution in [0.1, 0.15) is 15.9 Å². The van der Waals surface area contributed by atoms with Crippen molar-refractivity contribution in [2.24, 2.45) is 0 Å². The summed E-state index contributed by atoms with van der Waals surface area (Å²) in [6.45, 7) is 0. The molecule has 1 aromatic heterocycles. The Labute approximate surface area is 91.6 Å². The molecular weight excluding hydrogens is 204 g/mol. The summed E-state index contributed by atoms with van der Waals surface area (Å²) in [5.41, 5.74) is 0.637. The summed E-state index contributed by atoms with van der Waals surface area (Å²) >= 11 is 0. The summed E-state index contributed by atoms with van der Waals surface area (Å²) in [7, 11) is 0. The van der Waals surface area contributed by atoms with E-state index in [1.165, 1.54) is 12.3 Å². The number of carbonyl (C=O) groups excluding carboxylic acids is 1. The number of hydrogen-bond donors (Lipinski definition) is 2. The van der Waals surface area contributed by atoms with Gasteiger partial charge in [-0.05, 0) is 11.6 Å². The number of aromatic amines is 2. The number of carbonyl (C=O) groups is 1. The molecule has 0 radical (unpaired) electrons. The summed E-state index contributed by atoms with van der Waals surface area (Å²) in [4.78, 5) is 22.7. The second-order valence-electron chi connectivity index (χ2n) is 3.26. The predicted octanol–water partition coefficient (Wildman–Crippen LogP) is 1.60. The molecule has 0 aliphatic carbocycles. The van der Waals surface area contributed by atoms with Gasteiger partial charge in [0.25, 0.3) is 5.56 Å². The van der Waals surface area contributed by atoms with Crippen molar-refractivity contribution >= 4 is 11.9 Å². The highest BCUT2D eigenvalue weighted by Crippen LogP contribution is 2.02. The highest BCUT2D eigenvalue weighted by Gasteiger charge is 2.06. The van der Waals surface area contributed by atoms with Crippen molar-refractivity contribution < 1.29 is 4.79 Å². The third-order valence-electron chi connectivity index (χ3n) is 2.14. The molecule has 16 heavy (non-hydrogen) atoms. The quantitative estimate of drug-likeness (QED) is 0.602. The number of hydrogen-bond acceptors (Lipinski definition) is 2. The Hall–Kier alpha value is -2.36. The van der Waals surface area contributed by atoms with Crippen molar-refractivity contribution in [1.82, 2.24) is 10.2 Å². The topological polar surface area (TPSA) is 65.7 Å². The van der Waals surface area contributed by atoms with E-state index in [2.05, 4.69) is 10.2 Å². The molecule has 0 aliphatic heterocycles. The molecule has 0 bridgehead atoms. The Kier molecular flexibility index (Phi) is 2.82. The van der Waals surface area contributed by atoms with Crippen LogP contribution < -0.4 is 5.56 Å². The number of aromatic nitrogens is 2. The largest absolute Gasteiger partial charge is 0.305 e. The molecule has 2 rings (SSSR count). The molecule has 4 nitrogen and oxygen atoms in total. The van der Waals surface area contributed by atoms with Gasteiger partial charge in [-0.3, -0.25) is 14.7 Å². The minimum Gasteiger partial charge on any atom is -0.305 e. The maximum absolute atomic E-state index is 11.6. The first kappa shape index (κ1) is 10.2. The van der Waals surface area contributed by atoms with Gasteiger partial charge in [0.2, 0.25) is 0 Å². The first-order chi connectivity index (χ1) is 7.77. The number of H-pyrrole nitrogens is 2. The standard InChI is InChI=1S/C12H10N2O2/c15-11(10-8-13-14-12(10)16)7-6-9-4-2-1-3-5-9/h1-8H,(H2,13,14,16)/b7-6+. The lowest BCUT2D eigenvalue weighted by Crippen LogP contribution is -2.09. The second kappa shape index (κ2) is 4.44. The molecule has 80 valence electrons. The lowest BCUT2D eigenvalue weighted by Gasteiger charge is -1.90. The van der Waals surface area contributed by atoms with Gasteiger partial charge in [0, 0.05) is 6.20 Å². The molecule has 2 aromatic rings. The third kappa shape index (κ3) is 2.17. The van der Waals surface area contributed by atoms with Gasteiger partial charge >= 0.3 is 0 Å². The molecule has 0 fully saturated rings. The fourth-order valence-electron chi connectivity index (χ4n) is 1.32. The first-order valence-corrected chi connectivity index (χ1v) is 4.81. The second-order valence-corrected chi connectivity index (χ2v) is 3.26. The normalized spacial score (nSPS) is 10.8. The molecule has 2 N–H and O–H groups in total. The summed E-state index contributed by atoms with van der Waals surface area (Å²) in [5.74, 6) is -0.314. The SMILES string of the molecule is O=C(/C=C/c1ccccc1)c1c[nH][nH]c1=O. The van der Waals surface area contributed by atoms with Crippen LogP contribution in [0.5, 0.6) is 0 Å². The van der Waals surface area contributed by atoms with Gasteiger partial charge in [-0.15, -0.1) is 0 Å². The van der Waals surface area contributed by atoms with Gasteiger partial charge in [0.15, 0.2) is 5.78 Å². The van der Waals surface area contributed by atoms with Crippen LogP contribution in [-0.4, -0.2) is 16.0 Å². The van der Waals surface area contributed by atoms with Crippen molar-refractivity contribution in [2.75, 3.05) is 0 Å². The van der Waals surface area contributed by atoms with Gasteiger partial charge in [-0.25, -0.2) is 0 Å². The number of benzene rings is 1.